The Morgan fingerprint density at radius 1 is 1.04 bits per heavy atom. The number of rotatable bonds is 4. The van der Waals surface area contributed by atoms with E-state index in [0.29, 0.717) is 51.2 Å². The normalized spacial score (nSPS) is 23.1. The van der Waals surface area contributed by atoms with Crippen LogP contribution in [0.15, 0.2) is 18.2 Å². The van der Waals surface area contributed by atoms with E-state index in [1.54, 1.807) is 0 Å². The van der Waals surface area contributed by atoms with Gasteiger partial charge in [0, 0.05) is 12.5 Å². The van der Waals surface area contributed by atoms with Gasteiger partial charge in [0.25, 0.3) is 0 Å². The van der Waals surface area contributed by atoms with E-state index in [-0.39, 0.29) is 17.7 Å². The number of carbonyl (C=O) groups excluding carboxylic acids is 1. The van der Waals surface area contributed by atoms with Crippen molar-refractivity contribution in [1.29, 1.82) is 0 Å². The predicted molar refractivity (Wildman–Crippen MR) is 82.4 cm³/mol. The van der Waals surface area contributed by atoms with E-state index >= 15 is 0 Å². The number of ether oxygens (including phenoxy) is 2. The van der Waals surface area contributed by atoms with Crippen molar-refractivity contribution in [1.82, 2.24) is 5.32 Å². The van der Waals surface area contributed by atoms with Crippen LogP contribution in [-0.4, -0.2) is 30.2 Å². The highest BCUT2D eigenvalue weighted by atomic mass is 16.6. The number of amides is 1. The first-order valence-corrected chi connectivity index (χ1v) is 8.02. The Bertz CT molecular complexity index is 593. The van der Waals surface area contributed by atoms with Gasteiger partial charge >= 0.3 is 5.97 Å². The molecule has 0 unspecified atom stereocenters. The minimum absolute atomic E-state index is 0.00345. The van der Waals surface area contributed by atoms with Crippen LogP contribution in [0.25, 0.3) is 0 Å². The molecule has 0 bridgehead atoms. The predicted octanol–water partition coefficient (Wildman–Crippen LogP) is 1.96. The van der Waals surface area contributed by atoms with E-state index in [4.69, 9.17) is 14.6 Å². The number of carboxylic acid groups (broad SMARTS) is 1. The fourth-order valence-electron chi connectivity index (χ4n) is 3.13. The zero-order chi connectivity index (χ0) is 16.2. The number of carboxylic acids is 1. The first-order valence-electron chi connectivity index (χ1n) is 8.02. The molecule has 2 N–H and O–H groups in total. The van der Waals surface area contributed by atoms with E-state index in [1.807, 2.05) is 18.2 Å². The SMILES string of the molecule is O=C(O)C1CCC(C(=O)NCc2ccc3c(c2)OCCO3)CC1. The van der Waals surface area contributed by atoms with Gasteiger partial charge in [0.2, 0.25) is 5.91 Å². The molecule has 23 heavy (non-hydrogen) atoms. The Hall–Kier alpha value is -2.24. The fourth-order valence-corrected chi connectivity index (χ4v) is 3.13. The second-order valence-corrected chi connectivity index (χ2v) is 6.08. The van der Waals surface area contributed by atoms with Crippen molar-refractivity contribution in [3.8, 4) is 11.5 Å². The molecule has 1 heterocycles. The summed E-state index contributed by atoms with van der Waals surface area (Å²) in [6.07, 6.45) is 2.45. The molecule has 1 fully saturated rings. The third-order valence-electron chi connectivity index (χ3n) is 4.52. The van der Waals surface area contributed by atoms with Crippen molar-refractivity contribution in [2.24, 2.45) is 11.8 Å². The highest BCUT2D eigenvalue weighted by Crippen LogP contribution is 2.31. The second kappa shape index (κ2) is 6.89. The van der Waals surface area contributed by atoms with Crippen molar-refractivity contribution in [3.63, 3.8) is 0 Å². The van der Waals surface area contributed by atoms with Gasteiger partial charge in [0.1, 0.15) is 13.2 Å². The van der Waals surface area contributed by atoms with E-state index in [9.17, 15) is 9.59 Å². The highest BCUT2D eigenvalue weighted by Gasteiger charge is 2.29. The van der Waals surface area contributed by atoms with Crippen LogP contribution < -0.4 is 14.8 Å². The number of aliphatic carboxylic acids is 1. The Balaban J connectivity index is 1.50. The average Bonchev–Trinajstić information content (AvgIpc) is 2.59. The molecule has 0 saturated heterocycles. The molecule has 124 valence electrons. The van der Waals surface area contributed by atoms with E-state index < -0.39 is 5.97 Å². The molecule has 2 aliphatic rings. The zero-order valence-electron chi connectivity index (χ0n) is 12.9. The van der Waals surface area contributed by atoms with Crippen LogP contribution >= 0.6 is 0 Å². The molecular formula is C17H21NO5. The monoisotopic (exact) mass is 319 g/mol. The van der Waals surface area contributed by atoms with Crippen LogP contribution in [0, 0.1) is 11.8 Å². The maximum Gasteiger partial charge on any atom is 0.306 e. The summed E-state index contributed by atoms with van der Waals surface area (Å²) in [7, 11) is 0. The maximum absolute atomic E-state index is 12.2. The van der Waals surface area contributed by atoms with Crippen LogP contribution in [0.2, 0.25) is 0 Å². The summed E-state index contributed by atoms with van der Waals surface area (Å²) < 4.78 is 11.0. The molecule has 1 aromatic rings. The highest BCUT2D eigenvalue weighted by molar-refractivity contribution is 5.79. The molecule has 0 aromatic heterocycles. The quantitative estimate of drug-likeness (QED) is 0.886. The van der Waals surface area contributed by atoms with Gasteiger partial charge in [-0.05, 0) is 43.4 Å². The van der Waals surface area contributed by atoms with Crippen molar-refractivity contribution >= 4 is 11.9 Å². The van der Waals surface area contributed by atoms with E-state index in [1.165, 1.54) is 0 Å². The molecule has 1 aliphatic carbocycles. The minimum Gasteiger partial charge on any atom is -0.486 e. The lowest BCUT2D eigenvalue weighted by atomic mass is 9.81. The molecule has 3 rings (SSSR count). The van der Waals surface area contributed by atoms with Gasteiger partial charge in [0.15, 0.2) is 11.5 Å². The molecule has 1 aromatic carbocycles. The van der Waals surface area contributed by atoms with Crippen LogP contribution in [0.3, 0.4) is 0 Å². The average molecular weight is 319 g/mol. The van der Waals surface area contributed by atoms with Gasteiger partial charge in [-0.2, -0.15) is 0 Å². The Morgan fingerprint density at radius 2 is 1.70 bits per heavy atom. The summed E-state index contributed by atoms with van der Waals surface area (Å²) in [6, 6.07) is 5.65. The first kappa shape index (κ1) is 15.6. The van der Waals surface area contributed by atoms with Crippen molar-refractivity contribution in [3.05, 3.63) is 23.8 Å². The second-order valence-electron chi connectivity index (χ2n) is 6.08. The third-order valence-corrected chi connectivity index (χ3v) is 4.52. The molecule has 0 radical (unpaired) electrons. The van der Waals surface area contributed by atoms with Crippen LogP contribution in [0.5, 0.6) is 11.5 Å². The molecule has 6 heteroatoms. The third kappa shape index (κ3) is 3.75. The molecule has 1 aliphatic heterocycles. The summed E-state index contributed by atoms with van der Waals surface area (Å²) in [5.74, 6) is 0.326. The Kier molecular flexibility index (Phi) is 4.69. The molecule has 1 saturated carbocycles. The van der Waals surface area contributed by atoms with Crippen LogP contribution in [0.4, 0.5) is 0 Å². The van der Waals surface area contributed by atoms with Gasteiger partial charge in [-0.25, -0.2) is 0 Å². The lowest BCUT2D eigenvalue weighted by Crippen LogP contribution is -2.34. The summed E-state index contributed by atoms with van der Waals surface area (Å²) in [5, 5.41) is 11.9. The summed E-state index contributed by atoms with van der Waals surface area (Å²) >= 11 is 0. The Morgan fingerprint density at radius 3 is 2.39 bits per heavy atom. The van der Waals surface area contributed by atoms with Crippen molar-refractivity contribution in [2.75, 3.05) is 13.2 Å². The molecule has 6 nitrogen and oxygen atoms in total. The van der Waals surface area contributed by atoms with Gasteiger partial charge in [-0.15, -0.1) is 0 Å². The van der Waals surface area contributed by atoms with Crippen LogP contribution in [0.1, 0.15) is 31.2 Å². The number of benzene rings is 1. The largest absolute Gasteiger partial charge is 0.486 e. The lowest BCUT2D eigenvalue weighted by molar-refractivity contribution is -0.144. The molecule has 0 spiro atoms. The minimum atomic E-state index is -0.750. The van der Waals surface area contributed by atoms with Gasteiger partial charge in [-0.1, -0.05) is 6.07 Å². The fraction of sp³-hybridized carbons (Fsp3) is 0.529. The number of nitrogens with one attached hydrogen (secondary N) is 1. The van der Waals surface area contributed by atoms with Gasteiger partial charge in [-0.3, -0.25) is 9.59 Å². The Labute approximate surface area is 134 Å². The number of hydrogen-bond acceptors (Lipinski definition) is 4. The van der Waals surface area contributed by atoms with Crippen LogP contribution in [-0.2, 0) is 16.1 Å². The molecule has 1 amide bonds. The lowest BCUT2D eigenvalue weighted by Gasteiger charge is -2.25. The summed E-state index contributed by atoms with van der Waals surface area (Å²) in [4.78, 5) is 23.2. The zero-order valence-corrected chi connectivity index (χ0v) is 12.9. The maximum atomic E-state index is 12.2. The van der Waals surface area contributed by atoms with Crippen molar-refractivity contribution in [2.45, 2.75) is 32.2 Å². The number of fused-ring (bicyclic) bond motifs is 1. The van der Waals surface area contributed by atoms with E-state index in [2.05, 4.69) is 5.32 Å². The smallest absolute Gasteiger partial charge is 0.306 e. The van der Waals surface area contributed by atoms with E-state index in [0.717, 1.165) is 11.3 Å². The number of carbonyl (C=O) groups is 2. The molecule has 0 atom stereocenters. The summed E-state index contributed by atoms with van der Waals surface area (Å²) in [6.45, 7) is 1.53. The number of hydrogen-bond donors (Lipinski definition) is 2. The molecular weight excluding hydrogens is 298 g/mol. The standard InChI is InChI=1S/C17H21NO5/c19-16(12-2-4-13(5-3-12)17(20)21)18-10-11-1-6-14-15(9-11)23-8-7-22-14/h1,6,9,12-13H,2-5,7-8,10H2,(H,18,19)(H,20,21). The first-order chi connectivity index (χ1) is 11.1. The van der Waals surface area contributed by atoms with Gasteiger partial charge < -0.3 is 19.9 Å². The van der Waals surface area contributed by atoms with Gasteiger partial charge in [0.05, 0.1) is 5.92 Å². The summed E-state index contributed by atoms with van der Waals surface area (Å²) in [5.41, 5.74) is 0.960. The van der Waals surface area contributed by atoms with Crippen molar-refractivity contribution < 1.29 is 24.2 Å². The topological polar surface area (TPSA) is 84.9 Å².